The maximum atomic E-state index is 12.6. The molecule has 1 atom stereocenters. The Morgan fingerprint density at radius 3 is 2.56 bits per heavy atom. The summed E-state index contributed by atoms with van der Waals surface area (Å²) in [5, 5.41) is 12.5. The van der Waals surface area contributed by atoms with Crippen molar-refractivity contribution in [3.8, 4) is 6.07 Å². The lowest BCUT2D eigenvalue weighted by molar-refractivity contribution is -0.125. The minimum absolute atomic E-state index is 0.217. The van der Waals surface area contributed by atoms with Gasteiger partial charge in [-0.15, -0.1) is 0 Å². The number of aliphatic imine (C=N–C) groups is 1. The lowest BCUT2D eigenvalue weighted by Gasteiger charge is -2.45. The number of piperidine rings is 1. The number of ether oxygens (including phenoxy) is 1. The van der Waals surface area contributed by atoms with Gasteiger partial charge in [0.25, 0.3) is 0 Å². The van der Waals surface area contributed by atoms with Crippen LogP contribution in [0.1, 0.15) is 18.4 Å². The van der Waals surface area contributed by atoms with Crippen LogP contribution >= 0.6 is 0 Å². The van der Waals surface area contributed by atoms with Crippen molar-refractivity contribution in [1.29, 1.82) is 5.26 Å². The second-order valence-corrected chi connectivity index (χ2v) is 7.45. The second-order valence-electron chi connectivity index (χ2n) is 7.45. The summed E-state index contributed by atoms with van der Waals surface area (Å²) < 4.78 is 5.40. The first-order valence-corrected chi connectivity index (χ1v) is 9.59. The van der Waals surface area contributed by atoms with Crippen LogP contribution in [0.15, 0.2) is 35.3 Å². The molecule has 7 nitrogen and oxygen atoms in total. The van der Waals surface area contributed by atoms with Gasteiger partial charge in [-0.1, -0.05) is 30.3 Å². The number of morpholine rings is 1. The fraction of sp³-hybridized carbons (Fsp3) is 0.550. The van der Waals surface area contributed by atoms with E-state index in [2.05, 4.69) is 45.5 Å². The molecular formula is C20H25N5O2. The lowest BCUT2D eigenvalue weighted by Crippen LogP contribution is -2.61. The van der Waals surface area contributed by atoms with Crippen molar-refractivity contribution in [1.82, 2.24) is 15.1 Å². The van der Waals surface area contributed by atoms with Crippen LogP contribution in [0.5, 0.6) is 0 Å². The van der Waals surface area contributed by atoms with E-state index in [4.69, 9.17) is 9.73 Å². The van der Waals surface area contributed by atoms with Crippen LogP contribution in [0, 0.1) is 17.2 Å². The minimum atomic E-state index is -0.721. The van der Waals surface area contributed by atoms with E-state index in [0.29, 0.717) is 32.3 Å². The molecule has 7 heteroatoms. The van der Waals surface area contributed by atoms with Gasteiger partial charge in [-0.05, 0) is 18.4 Å². The Balaban J connectivity index is 1.51. The summed E-state index contributed by atoms with van der Waals surface area (Å²) in [6, 6.07) is 12.6. The lowest BCUT2D eigenvalue weighted by atomic mass is 9.76. The number of hydrogen-bond acceptors (Lipinski definition) is 6. The average molecular weight is 367 g/mol. The Hall–Kier alpha value is -2.43. The maximum Gasteiger partial charge on any atom is 0.246 e. The van der Waals surface area contributed by atoms with Gasteiger partial charge >= 0.3 is 0 Å². The summed E-state index contributed by atoms with van der Waals surface area (Å²) >= 11 is 0. The van der Waals surface area contributed by atoms with Crippen LogP contribution in [0.25, 0.3) is 0 Å². The molecule has 0 unspecified atom stereocenters. The van der Waals surface area contributed by atoms with Gasteiger partial charge in [-0.2, -0.15) is 5.26 Å². The van der Waals surface area contributed by atoms with Gasteiger partial charge in [0.15, 0.2) is 5.92 Å². The van der Waals surface area contributed by atoms with Crippen LogP contribution in [-0.2, 0) is 16.1 Å². The van der Waals surface area contributed by atoms with Gasteiger partial charge in [-0.25, -0.2) is 4.99 Å². The zero-order valence-corrected chi connectivity index (χ0v) is 15.4. The van der Waals surface area contributed by atoms with Gasteiger partial charge in [-0.3, -0.25) is 15.0 Å². The zero-order valence-electron chi connectivity index (χ0n) is 15.4. The first kappa shape index (κ1) is 18.0. The van der Waals surface area contributed by atoms with Crippen LogP contribution in [-0.4, -0.2) is 66.6 Å². The Kier molecular flexibility index (Phi) is 5.10. The number of nitrogens with zero attached hydrogens (tertiary/aromatic N) is 4. The topological polar surface area (TPSA) is 81.0 Å². The normalized spacial score (nSPS) is 25.6. The van der Waals surface area contributed by atoms with Crippen molar-refractivity contribution in [3.05, 3.63) is 35.9 Å². The maximum absolute atomic E-state index is 12.6. The molecule has 4 rings (SSSR count). The van der Waals surface area contributed by atoms with Gasteiger partial charge in [0, 0.05) is 32.7 Å². The number of hydrogen-bond donors (Lipinski definition) is 1. The predicted octanol–water partition coefficient (Wildman–Crippen LogP) is 0.979. The third-order valence-corrected chi connectivity index (χ3v) is 5.77. The quantitative estimate of drug-likeness (QED) is 0.843. The van der Waals surface area contributed by atoms with E-state index in [-0.39, 0.29) is 5.91 Å². The molecule has 3 aliphatic heterocycles. The molecule has 27 heavy (non-hydrogen) atoms. The highest BCUT2D eigenvalue weighted by atomic mass is 16.5. The number of nitrogens with one attached hydrogen (secondary N) is 1. The fourth-order valence-corrected chi connectivity index (χ4v) is 4.17. The number of guanidine groups is 1. The molecular weight excluding hydrogens is 342 g/mol. The van der Waals surface area contributed by atoms with E-state index in [0.717, 1.165) is 32.5 Å². The molecule has 3 aliphatic rings. The molecule has 1 aromatic carbocycles. The highest BCUT2D eigenvalue weighted by Gasteiger charge is 2.49. The first-order chi connectivity index (χ1) is 13.2. The third kappa shape index (κ3) is 3.68. The van der Waals surface area contributed by atoms with E-state index in [1.165, 1.54) is 5.56 Å². The van der Waals surface area contributed by atoms with Gasteiger partial charge < -0.3 is 9.64 Å². The summed E-state index contributed by atoms with van der Waals surface area (Å²) in [7, 11) is 0. The Labute approximate surface area is 159 Å². The summed E-state index contributed by atoms with van der Waals surface area (Å²) in [6.45, 7) is 5.25. The standard InChI is InChI=1S/C20H25N5O2/c21-14-17-18(26)22-19(25-10-12-27-13-11-25)23-20(17)6-8-24(9-7-20)15-16-4-2-1-3-5-16/h1-5,17H,6-13,15H2,(H,22,23,26)/t17-/m1/s1. The van der Waals surface area contributed by atoms with Crippen molar-refractivity contribution in [2.75, 3.05) is 39.4 Å². The van der Waals surface area contributed by atoms with Crippen molar-refractivity contribution >= 4 is 11.9 Å². The molecule has 1 amide bonds. The number of likely N-dealkylation sites (tertiary alicyclic amines) is 1. The van der Waals surface area contributed by atoms with Gasteiger partial charge in [0.2, 0.25) is 11.9 Å². The van der Waals surface area contributed by atoms with Crippen molar-refractivity contribution in [3.63, 3.8) is 0 Å². The number of nitriles is 1. The molecule has 2 fully saturated rings. The van der Waals surface area contributed by atoms with Crippen molar-refractivity contribution < 1.29 is 9.53 Å². The minimum Gasteiger partial charge on any atom is -0.378 e. The summed E-state index contributed by atoms with van der Waals surface area (Å²) in [6.07, 6.45) is 1.44. The monoisotopic (exact) mass is 367 g/mol. The molecule has 1 spiro atoms. The van der Waals surface area contributed by atoms with E-state index in [1.807, 2.05) is 6.07 Å². The third-order valence-electron chi connectivity index (χ3n) is 5.77. The average Bonchev–Trinajstić information content (AvgIpc) is 2.71. The molecule has 3 heterocycles. The predicted molar refractivity (Wildman–Crippen MR) is 101 cm³/mol. The van der Waals surface area contributed by atoms with E-state index < -0.39 is 11.5 Å². The highest BCUT2D eigenvalue weighted by molar-refractivity contribution is 6.02. The van der Waals surface area contributed by atoms with Gasteiger partial charge in [0.1, 0.15) is 0 Å². The molecule has 0 saturated carbocycles. The summed E-state index contributed by atoms with van der Waals surface area (Å²) in [5.74, 6) is -0.321. The summed E-state index contributed by atoms with van der Waals surface area (Å²) in [5.41, 5.74) is 0.668. The molecule has 1 aromatic rings. The molecule has 0 bridgehead atoms. The van der Waals surface area contributed by atoms with Crippen LogP contribution in [0.2, 0.25) is 0 Å². The SMILES string of the molecule is N#C[C@@H]1C(=O)NC(N2CCOCC2)=NC12CCN(Cc1ccccc1)CC2. The van der Waals surface area contributed by atoms with E-state index >= 15 is 0 Å². The second kappa shape index (κ2) is 7.67. The van der Waals surface area contributed by atoms with Crippen LogP contribution < -0.4 is 5.32 Å². The summed E-state index contributed by atoms with van der Waals surface area (Å²) in [4.78, 5) is 22.0. The van der Waals surface area contributed by atoms with E-state index in [9.17, 15) is 10.1 Å². The van der Waals surface area contributed by atoms with Crippen molar-refractivity contribution in [2.24, 2.45) is 10.9 Å². The van der Waals surface area contributed by atoms with Crippen LogP contribution in [0.3, 0.4) is 0 Å². The number of carbonyl (C=O) groups excluding carboxylic acids is 1. The molecule has 2 saturated heterocycles. The first-order valence-electron chi connectivity index (χ1n) is 9.59. The smallest absolute Gasteiger partial charge is 0.246 e. The molecule has 142 valence electrons. The molecule has 0 radical (unpaired) electrons. The molecule has 0 aliphatic carbocycles. The van der Waals surface area contributed by atoms with Gasteiger partial charge in [0.05, 0.1) is 24.8 Å². The fourth-order valence-electron chi connectivity index (χ4n) is 4.17. The van der Waals surface area contributed by atoms with Crippen molar-refractivity contribution in [2.45, 2.75) is 24.9 Å². The zero-order chi connectivity index (χ0) is 18.7. The number of rotatable bonds is 2. The largest absolute Gasteiger partial charge is 0.378 e. The Morgan fingerprint density at radius 2 is 1.89 bits per heavy atom. The number of benzene rings is 1. The number of amides is 1. The Bertz CT molecular complexity index is 743. The van der Waals surface area contributed by atoms with Crippen LogP contribution in [0.4, 0.5) is 0 Å². The Morgan fingerprint density at radius 1 is 1.19 bits per heavy atom. The van der Waals surface area contributed by atoms with E-state index in [1.54, 1.807) is 0 Å². The molecule has 1 N–H and O–H groups in total. The molecule has 0 aromatic heterocycles. The number of carbonyl (C=O) groups is 1. The highest BCUT2D eigenvalue weighted by Crippen LogP contribution is 2.36.